The third-order valence-electron chi connectivity index (χ3n) is 6.31. The summed E-state index contributed by atoms with van der Waals surface area (Å²) in [5.41, 5.74) is 0.392. The molecule has 232 valence electrons. The standard InChI is InChI=1S/C32H47N3O7/c1-9-10-15-24(41-31(39)33-7)16-13-20-34-29(37)28(32(4,5)6)35-27(36)17-12-11-14-22(2)21-23(3)25-18-19-26(40-8)30(38)42-25/h9-14,17,19-21,23-25,28H,15-16,18H2,1-8H3,(H,33,39)(H,34,37)(H,35,36)/b10-9-,14-11-,17-12-,20-13-,22-21+. The van der Waals surface area contributed by atoms with Gasteiger partial charge in [0.15, 0.2) is 5.76 Å². The first-order valence-electron chi connectivity index (χ1n) is 14.1. The molecule has 42 heavy (non-hydrogen) atoms. The molecule has 0 saturated heterocycles. The molecule has 1 rings (SSSR count). The van der Waals surface area contributed by atoms with Crippen LogP contribution in [0.2, 0.25) is 0 Å². The molecule has 1 heterocycles. The zero-order valence-corrected chi connectivity index (χ0v) is 26.1. The quantitative estimate of drug-likeness (QED) is 0.116. The zero-order chi connectivity index (χ0) is 31.7. The molecule has 10 heteroatoms. The van der Waals surface area contributed by atoms with Crippen LogP contribution >= 0.6 is 0 Å². The van der Waals surface area contributed by atoms with Crippen LogP contribution in [0.15, 0.2) is 72.2 Å². The summed E-state index contributed by atoms with van der Waals surface area (Å²) in [5.74, 6) is -1.02. The number of esters is 1. The number of allylic oxidation sites excluding steroid dienone is 5. The van der Waals surface area contributed by atoms with E-state index < -0.39 is 29.4 Å². The predicted molar refractivity (Wildman–Crippen MR) is 163 cm³/mol. The average Bonchev–Trinajstić information content (AvgIpc) is 2.93. The Balaban J connectivity index is 2.70. The number of carbonyl (C=O) groups is 4. The van der Waals surface area contributed by atoms with Gasteiger partial charge in [-0.25, -0.2) is 9.59 Å². The molecule has 0 bridgehead atoms. The van der Waals surface area contributed by atoms with Crippen LogP contribution < -0.4 is 16.0 Å². The van der Waals surface area contributed by atoms with Gasteiger partial charge in [0, 0.05) is 38.3 Å². The number of nitrogens with one attached hydrogen (secondary N) is 3. The summed E-state index contributed by atoms with van der Waals surface area (Å²) in [6.07, 6.45) is 17.6. The SMILES string of the molecule is C/C=C\CC(C/C=C\NC(=O)C(NC(=O)\C=C/C=C\C(C)=C\C(C)C1CC=C(OC)C(=O)O1)C(C)(C)C)OC(=O)NC. The van der Waals surface area contributed by atoms with Gasteiger partial charge in [0.05, 0.1) is 7.11 Å². The highest BCUT2D eigenvalue weighted by atomic mass is 16.6. The summed E-state index contributed by atoms with van der Waals surface area (Å²) >= 11 is 0. The normalized spacial score (nSPS) is 18.5. The Labute approximate surface area is 250 Å². The van der Waals surface area contributed by atoms with Gasteiger partial charge in [-0.15, -0.1) is 0 Å². The predicted octanol–water partition coefficient (Wildman–Crippen LogP) is 4.77. The van der Waals surface area contributed by atoms with Crippen LogP contribution in [0.5, 0.6) is 0 Å². The van der Waals surface area contributed by atoms with Gasteiger partial charge in [-0.3, -0.25) is 9.59 Å². The Kier molecular flexibility index (Phi) is 15.7. The van der Waals surface area contributed by atoms with Crippen LogP contribution in [0.3, 0.4) is 0 Å². The molecule has 1 aliphatic rings. The van der Waals surface area contributed by atoms with Crippen LogP contribution in [0.4, 0.5) is 4.79 Å². The van der Waals surface area contributed by atoms with E-state index in [4.69, 9.17) is 14.2 Å². The largest absolute Gasteiger partial charge is 0.490 e. The van der Waals surface area contributed by atoms with E-state index in [1.54, 1.807) is 24.3 Å². The fourth-order valence-electron chi connectivity index (χ4n) is 3.97. The summed E-state index contributed by atoms with van der Waals surface area (Å²) in [4.78, 5) is 49.0. The van der Waals surface area contributed by atoms with E-state index in [2.05, 4.69) is 16.0 Å². The number of cyclic esters (lactones) is 1. The first kappa shape index (κ1) is 35.9. The Bertz CT molecular complexity index is 1110. The van der Waals surface area contributed by atoms with Crippen LogP contribution in [0.25, 0.3) is 0 Å². The van der Waals surface area contributed by atoms with E-state index >= 15 is 0 Å². The number of hydrogen-bond acceptors (Lipinski definition) is 7. The third kappa shape index (κ3) is 13.5. The van der Waals surface area contributed by atoms with Crippen LogP contribution in [0.1, 0.15) is 60.8 Å². The Morgan fingerprint density at radius 2 is 1.81 bits per heavy atom. The summed E-state index contributed by atoms with van der Waals surface area (Å²) < 4.78 is 15.7. The second-order valence-corrected chi connectivity index (χ2v) is 11.0. The van der Waals surface area contributed by atoms with Gasteiger partial charge in [0.1, 0.15) is 18.2 Å². The fourth-order valence-corrected chi connectivity index (χ4v) is 3.97. The maximum absolute atomic E-state index is 12.9. The molecule has 0 saturated carbocycles. The molecule has 0 radical (unpaired) electrons. The van der Waals surface area contributed by atoms with Crippen molar-refractivity contribution in [1.29, 1.82) is 0 Å². The van der Waals surface area contributed by atoms with Crippen LogP contribution in [-0.4, -0.2) is 56.3 Å². The number of amides is 3. The van der Waals surface area contributed by atoms with Crippen molar-refractivity contribution in [3.05, 3.63) is 72.2 Å². The lowest BCUT2D eigenvalue weighted by Gasteiger charge is -2.29. The number of alkyl carbamates (subject to hydrolysis) is 1. The second kappa shape index (κ2) is 18.4. The second-order valence-electron chi connectivity index (χ2n) is 11.0. The summed E-state index contributed by atoms with van der Waals surface area (Å²) in [7, 11) is 2.93. The van der Waals surface area contributed by atoms with Gasteiger partial charge < -0.3 is 30.2 Å². The van der Waals surface area contributed by atoms with Gasteiger partial charge in [-0.2, -0.15) is 0 Å². The minimum Gasteiger partial charge on any atom is -0.490 e. The van der Waals surface area contributed by atoms with Crippen molar-refractivity contribution < 1.29 is 33.4 Å². The monoisotopic (exact) mass is 585 g/mol. The molecular weight excluding hydrogens is 538 g/mol. The highest BCUT2D eigenvalue weighted by molar-refractivity contribution is 5.93. The van der Waals surface area contributed by atoms with Crippen molar-refractivity contribution in [2.75, 3.05) is 14.2 Å². The Morgan fingerprint density at radius 1 is 1.14 bits per heavy atom. The number of carbonyl (C=O) groups excluding carboxylic acids is 4. The molecule has 0 aromatic rings. The molecule has 0 aliphatic carbocycles. The molecule has 1 aliphatic heterocycles. The van der Waals surface area contributed by atoms with E-state index in [0.29, 0.717) is 19.3 Å². The van der Waals surface area contributed by atoms with E-state index in [-0.39, 0.29) is 29.8 Å². The smallest absolute Gasteiger partial charge is 0.407 e. The van der Waals surface area contributed by atoms with E-state index in [1.807, 2.05) is 65.8 Å². The lowest BCUT2D eigenvalue weighted by Crippen LogP contribution is -2.52. The molecular formula is C32H47N3O7. The number of methoxy groups -OCH3 is 1. The molecule has 0 spiro atoms. The van der Waals surface area contributed by atoms with Crippen molar-refractivity contribution in [1.82, 2.24) is 16.0 Å². The van der Waals surface area contributed by atoms with Gasteiger partial charge in [0.25, 0.3) is 0 Å². The van der Waals surface area contributed by atoms with Gasteiger partial charge in [0.2, 0.25) is 11.8 Å². The molecule has 0 aromatic carbocycles. The van der Waals surface area contributed by atoms with Gasteiger partial charge >= 0.3 is 12.1 Å². The summed E-state index contributed by atoms with van der Waals surface area (Å²) in [6, 6.07) is -0.794. The van der Waals surface area contributed by atoms with Crippen LogP contribution in [-0.2, 0) is 28.6 Å². The number of ether oxygens (including phenoxy) is 3. The lowest BCUT2D eigenvalue weighted by molar-refractivity contribution is -0.151. The zero-order valence-electron chi connectivity index (χ0n) is 26.1. The van der Waals surface area contributed by atoms with Crippen molar-refractivity contribution in [3.8, 4) is 0 Å². The fraction of sp³-hybridized carbons (Fsp3) is 0.500. The maximum Gasteiger partial charge on any atom is 0.407 e. The van der Waals surface area contributed by atoms with Crippen molar-refractivity contribution >= 4 is 23.9 Å². The molecule has 3 amide bonds. The number of rotatable bonds is 14. The Hall–Kier alpha value is -4.08. The maximum atomic E-state index is 12.9. The average molecular weight is 586 g/mol. The van der Waals surface area contributed by atoms with E-state index in [9.17, 15) is 19.2 Å². The molecule has 0 aromatic heterocycles. The lowest BCUT2D eigenvalue weighted by atomic mass is 9.86. The topological polar surface area (TPSA) is 132 Å². The minimum absolute atomic E-state index is 0.0110. The summed E-state index contributed by atoms with van der Waals surface area (Å²) in [5, 5.41) is 7.91. The molecule has 4 atom stereocenters. The van der Waals surface area contributed by atoms with Gasteiger partial charge in [-0.1, -0.05) is 75.8 Å². The Morgan fingerprint density at radius 3 is 2.40 bits per heavy atom. The van der Waals surface area contributed by atoms with Gasteiger partial charge in [-0.05, 0) is 31.5 Å². The van der Waals surface area contributed by atoms with Crippen molar-refractivity contribution in [2.24, 2.45) is 11.3 Å². The van der Waals surface area contributed by atoms with Crippen molar-refractivity contribution in [3.63, 3.8) is 0 Å². The summed E-state index contributed by atoms with van der Waals surface area (Å²) in [6.45, 7) is 11.4. The van der Waals surface area contributed by atoms with Crippen molar-refractivity contribution in [2.45, 2.75) is 79.1 Å². The van der Waals surface area contributed by atoms with Crippen LogP contribution in [0, 0.1) is 11.3 Å². The van der Waals surface area contributed by atoms with E-state index in [0.717, 1.165) is 5.57 Å². The highest BCUT2D eigenvalue weighted by Gasteiger charge is 2.32. The third-order valence-corrected chi connectivity index (χ3v) is 6.31. The number of hydrogen-bond donors (Lipinski definition) is 3. The molecule has 0 fully saturated rings. The van der Waals surface area contributed by atoms with E-state index in [1.165, 1.54) is 26.4 Å². The first-order valence-corrected chi connectivity index (χ1v) is 14.1. The highest BCUT2D eigenvalue weighted by Crippen LogP contribution is 2.23. The minimum atomic E-state index is -0.794. The first-order chi connectivity index (χ1) is 19.8. The molecule has 4 unspecified atom stereocenters. The molecule has 10 nitrogen and oxygen atoms in total. The molecule has 3 N–H and O–H groups in total.